The monoisotopic (exact) mass is 311 g/mol. The smallest absolute Gasteiger partial charge is 0.230 e. The van der Waals surface area contributed by atoms with Crippen molar-refractivity contribution in [2.24, 2.45) is 0 Å². The molecule has 6 nitrogen and oxygen atoms in total. The minimum absolute atomic E-state index is 0.590. The number of aromatic nitrogens is 4. The maximum atomic E-state index is 5.43. The van der Waals surface area contributed by atoms with Gasteiger partial charge >= 0.3 is 0 Å². The van der Waals surface area contributed by atoms with Crippen LogP contribution >= 0.6 is 0 Å². The van der Waals surface area contributed by atoms with Gasteiger partial charge in [-0.1, -0.05) is 12.1 Å². The first kappa shape index (κ1) is 15.4. The Hall–Kier alpha value is -2.47. The molecular weight excluding hydrogens is 290 g/mol. The summed E-state index contributed by atoms with van der Waals surface area (Å²) < 4.78 is 5.43. The lowest BCUT2D eigenvalue weighted by Gasteiger charge is -2.14. The van der Waals surface area contributed by atoms with E-state index in [1.54, 1.807) is 6.92 Å². The molecule has 0 atom stereocenters. The topological polar surface area (TPSA) is 70.8 Å². The number of aromatic amines is 1. The normalized spacial score (nSPS) is 11.3. The van der Waals surface area contributed by atoms with Crippen molar-refractivity contribution in [2.45, 2.75) is 33.9 Å². The lowest BCUT2D eigenvalue weighted by molar-refractivity contribution is 0.279. The molecule has 6 heteroatoms. The van der Waals surface area contributed by atoms with Crippen LogP contribution in [0.15, 0.2) is 28.8 Å². The third-order valence-corrected chi connectivity index (χ3v) is 3.93. The summed E-state index contributed by atoms with van der Waals surface area (Å²) in [5.74, 6) is 1.22. The van der Waals surface area contributed by atoms with Crippen LogP contribution in [-0.4, -0.2) is 32.3 Å². The van der Waals surface area contributed by atoms with Crippen LogP contribution in [0.1, 0.15) is 28.5 Å². The summed E-state index contributed by atoms with van der Waals surface area (Å²) >= 11 is 0. The summed E-state index contributed by atoms with van der Waals surface area (Å²) in [7, 11) is 2.02. The molecule has 23 heavy (non-hydrogen) atoms. The molecule has 1 aromatic carbocycles. The zero-order valence-corrected chi connectivity index (χ0v) is 13.9. The first-order chi connectivity index (χ1) is 11.0. The SMILES string of the molecule is Cc1nnc(CN(C)Cc2cn[nH]c2-c2ccc(C)c(C)c2)o1. The zero-order valence-electron chi connectivity index (χ0n) is 13.9. The van der Waals surface area contributed by atoms with Gasteiger partial charge in [-0.15, -0.1) is 10.2 Å². The maximum Gasteiger partial charge on any atom is 0.230 e. The molecule has 3 rings (SSSR count). The number of hydrogen-bond acceptors (Lipinski definition) is 5. The summed E-state index contributed by atoms with van der Waals surface area (Å²) in [6, 6.07) is 6.45. The zero-order chi connectivity index (χ0) is 16.4. The number of nitrogens with zero attached hydrogens (tertiary/aromatic N) is 4. The van der Waals surface area contributed by atoms with Gasteiger partial charge in [-0.25, -0.2) is 0 Å². The molecule has 0 bridgehead atoms. The molecule has 0 aliphatic carbocycles. The van der Waals surface area contributed by atoms with Crippen molar-refractivity contribution < 1.29 is 4.42 Å². The Balaban J connectivity index is 1.76. The van der Waals surface area contributed by atoms with E-state index in [1.807, 2.05) is 13.2 Å². The highest BCUT2D eigenvalue weighted by Gasteiger charge is 2.13. The maximum absolute atomic E-state index is 5.43. The fourth-order valence-corrected chi connectivity index (χ4v) is 2.56. The van der Waals surface area contributed by atoms with Crippen molar-refractivity contribution in [3.8, 4) is 11.3 Å². The lowest BCUT2D eigenvalue weighted by Crippen LogP contribution is -2.17. The van der Waals surface area contributed by atoms with Gasteiger partial charge in [0, 0.05) is 24.6 Å². The second-order valence-electron chi connectivity index (χ2n) is 5.96. The van der Waals surface area contributed by atoms with Gasteiger partial charge in [0.25, 0.3) is 0 Å². The number of aryl methyl sites for hydroxylation is 3. The largest absolute Gasteiger partial charge is 0.424 e. The molecule has 2 aromatic heterocycles. The number of benzene rings is 1. The molecule has 0 saturated carbocycles. The van der Waals surface area contributed by atoms with Gasteiger partial charge in [0.2, 0.25) is 11.8 Å². The van der Waals surface area contributed by atoms with Crippen LogP contribution in [0.4, 0.5) is 0 Å². The van der Waals surface area contributed by atoms with E-state index in [4.69, 9.17) is 4.42 Å². The van der Waals surface area contributed by atoms with Crippen molar-refractivity contribution in [3.63, 3.8) is 0 Å². The van der Waals surface area contributed by atoms with Crippen molar-refractivity contribution in [1.82, 2.24) is 25.3 Å². The number of hydrogen-bond donors (Lipinski definition) is 1. The first-order valence-corrected chi connectivity index (χ1v) is 7.60. The van der Waals surface area contributed by atoms with Crippen LogP contribution in [0, 0.1) is 20.8 Å². The summed E-state index contributed by atoms with van der Waals surface area (Å²) in [6.07, 6.45) is 1.88. The third kappa shape index (κ3) is 3.48. The van der Waals surface area contributed by atoms with Crippen molar-refractivity contribution in [3.05, 3.63) is 52.9 Å². The van der Waals surface area contributed by atoms with Gasteiger partial charge in [0.15, 0.2) is 0 Å². The van der Waals surface area contributed by atoms with Gasteiger partial charge in [0.1, 0.15) is 0 Å². The van der Waals surface area contributed by atoms with E-state index in [9.17, 15) is 0 Å². The Kier molecular flexibility index (Phi) is 4.25. The molecule has 0 saturated heterocycles. The summed E-state index contributed by atoms with van der Waals surface area (Å²) in [5, 5.41) is 15.2. The second-order valence-corrected chi connectivity index (χ2v) is 5.96. The van der Waals surface area contributed by atoms with E-state index in [2.05, 4.69) is 57.3 Å². The van der Waals surface area contributed by atoms with Crippen LogP contribution in [-0.2, 0) is 13.1 Å². The second kappa shape index (κ2) is 6.34. The minimum Gasteiger partial charge on any atom is -0.424 e. The number of rotatable bonds is 5. The predicted molar refractivity (Wildman–Crippen MR) is 87.7 cm³/mol. The van der Waals surface area contributed by atoms with Crippen LogP contribution < -0.4 is 0 Å². The summed E-state index contributed by atoms with van der Waals surface area (Å²) in [6.45, 7) is 7.40. The highest BCUT2D eigenvalue weighted by atomic mass is 16.4. The molecule has 0 aliphatic heterocycles. The molecule has 0 unspecified atom stereocenters. The van der Waals surface area contributed by atoms with Crippen molar-refractivity contribution >= 4 is 0 Å². The molecule has 0 radical (unpaired) electrons. The fraction of sp³-hybridized carbons (Fsp3) is 0.353. The van der Waals surface area contributed by atoms with E-state index >= 15 is 0 Å². The highest BCUT2D eigenvalue weighted by molar-refractivity contribution is 5.64. The van der Waals surface area contributed by atoms with E-state index in [-0.39, 0.29) is 0 Å². The van der Waals surface area contributed by atoms with E-state index in [0.717, 1.165) is 23.4 Å². The van der Waals surface area contributed by atoms with E-state index < -0.39 is 0 Å². The Bertz CT molecular complexity index is 805. The third-order valence-electron chi connectivity index (χ3n) is 3.93. The van der Waals surface area contributed by atoms with Crippen LogP contribution in [0.3, 0.4) is 0 Å². The lowest BCUT2D eigenvalue weighted by atomic mass is 10.0. The number of nitrogens with one attached hydrogen (secondary N) is 1. The quantitative estimate of drug-likeness (QED) is 0.784. The molecular formula is C17H21N5O. The van der Waals surface area contributed by atoms with Gasteiger partial charge in [0.05, 0.1) is 18.4 Å². The molecule has 120 valence electrons. The average molecular weight is 311 g/mol. The molecule has 3 aromatic rings. The van der Waals surface area contributed by atoms with Gasteiger partial charge in [-0.3, -0.25) is 10.00 Å². The molecule has 0 spiro atoms. The Morgan fingerprint density at radius 1 is 1.09 bits per heavy atom. The van der Waals surface area contributed by atoms with Gasteiger partial charge in [-0.05, 0) is 38.1 Å². The predicted octanol–water partition coefficient (Wildman–Crippen LogP) is 3.02. The number of H-pyrrole nitrogens is 1. The Labute approximate surface area is 135 Å². The molecule has 1 N–H and O–H groups in total. The highest BCUT2D eigenvalue weighted by Crippen LogP contribution is 2.24. The van der Waals surface area contributed by atoms with Crippen LogP contribution in [0.5, 0.6) is 0 Å². The minimum atomic E-state index is 0.590. The Morgan fingerprint density at radius 2 is 1.91 bits per heavy atom. The molecule has 0 amide bonds. The fourth-order valence-electron chi connectivity index (χ4n) is 2.56. The van der Waals surface area contributed by atoms with Crippen molar-refractivity contribution in [1.29, 1.82) is 0 Å². The molecule has 0 fully saturated rings. The van der Waals surface area contributed by atoms with Gasteiger partial charge < -0.3 is 4.42 Å². The van der Waals surface area contributed by atoms with Crippen molar-refractivity contribution in [2.75, 3.05) is 7.05 Å². The standard InChI is InChI=1S/C17H21N5O/c1-11-5-6-14(7-12(11)2)17-15(8-18-21-17)9-22(4)10-16-20-19-13(3)23-16/h5-8H,9-10H2,1-4H3,(H,18,21). The van der Waals surface area contributed by atoms with Crippen LogP contribution in [0.25, 0.3) is 11.3 Å². The average Bonchev–Trinajstić information content (AvgIpc) is 3.11. The summed E-state index contributed by atoms with van der Waals surface area (Å²) in [4.78, 5) is 2.13. The van der Waals surface area contributed by atoms with Crippen LogP contribution in [0.2, 0.25) is 0 Å². The Morgan fingerprint density at radius 3 is 2.61 bits per heavy atom. The van der Waals surface area contributed by atoms with E-state index in [0.29, 0.717) is 18.3 Å². The first-order valence-electron chi connectivity index (χ1n) is 7.60. The van der Waals surface area contributed by atoms with E-state index in [1.165, 1.54) is 11.1 Å². The summed E-state index contributed by atoms with van der Waals surface area (Å²) in [5.41, 5.74) is 5.92. The van der Waals surface area contributed by atoms with Gasteiger partial charge in [-0.2, -0.15) is 5.10 Å². The molecule has 2 heterocycles. The molecule has 0 aliphatic rings.